The molecule has 0 aromatic carbocycles. The minimum atomic E-state index is -2.53. The van der Waals surface area contributed by atoms with E-state index in [9.17, 15) is 8.78 Å². The molecule has 1 rings (SSSR count). The molecule has 13 heavy (non-hydrogen) atoms. The van der Waals surface area contributed by atoms with Crippen LogP contribution in [0.25, 0.3) is 0 Å². The summed E-state index contributed by atoms with van der Waals surface area (Å²) in [6.45, 7) is 0. The van der Waals surface area contributed by atoms with Crippen LogP contribution in [0.15, 0.2) is 10.7 Å². The Morgan fingerprint density at radius 1 is 1.62 bits per heavy atom. The van der Waals surface area contributed by atoms with E-state index in [-0.39, 0.29) is 11.4 Å². The third-order valence-corrected chi connectivity index (χ3v) is 3.06. The van der Waals surface area contributed by atoms with Crippen molar-refractivity contribution in [2.75, 3.05) is 7.11 Å². The summed E-state index contributed by atoms with van der Waals surface area (Å²) < 4.78 is 30.4. The summed E-state index contributed by atoms with van der Waals surface area (Å²) in [5.74, 6) is 0.221. The van der Waals surface area contributed by atoms with Crippen LogP contribution in [0.2, 0.25) is 0 Å². The maximum absolute atomic E-state index is 12.5. The highest BCUT2D eigenvalue weighted by atomic mass is 127. The van der Waals surface area contributed by atoms with Gasteiger partial charge >= 0.3 is 0 Å². The van der Waals surface area contributed by atoms with E-state index < -0.39 is 6.43 Å². The van der Waals surface area contributed by atoms with Crippen LogP contribution < -0.4 is 4.74 Å². The fraction of sp³-hybridized carbons (Fsp3) is 0.286. The van der Waals surface area contributed by atoms with E-state index >= 15 is 0 Å². The molecule has 0 N–H and O–H groups in total. The molecule has 1 aromatic rings. The van der Waals surface area contributed by atoms with E-state index in [1.165, 1.54) is 13.3 Å². The summed E-state index contributed by atoms with van der Waals surface area (Å²) in [6.07, 6.45) is -1.22. The molecule has 0 aliphatic carbocycles. The lowest BCUT2D eigenvalue weighted by Gasteiger charge is -2.08. The molecule has 0 fully saturated rings. The highest BCUT2D eigenvalue weighted by Gasteiger charge is 2.19. The molecule has 0 amide bonds. The van der Waals surface area contributed by atoms with Crippen LogP contribution in [0.3, 0.4) is 0 Å². The van der Waals surface area contributed by atoms with Crippen molar-refractivity contribution in [2.24, 2.45) is 0 Å². The predicted octanol–water partition coefficient (Wildman–Crippen LogP) is 3.39. The Kier molecular flexibility index (Phi) is 3.84. The molecule has 72 valence electrons. The number of hydrogen-bond acceptors (Lipinski definition) is 2. The zero-order chi connectivity index (χ0) is 10.0. The van der Waals surface area contributed by atoms with E-state index in [1.807, 2.05) is 0 Å². The molecule has 0 radical (unpaired) electrons. The lowest BCUT2D eigenvalue weighted by molar-refractivity contribution is 0.149. The Labute approximate surface area is 96.0 Å². The number of methoxy groups -OCH3 is 1. The lowest BCUT2D eigenvalue weighted by Crippen LogP contribution is -1.98. The van der Waals surface area contributed by atoms with Crippen LogP contribution in [-0.2, 0) is 0 Å². The molecule has 0 unspecified atom stereocenters. The van der Waals surface area contributed by atoms with E-state index in [2.05, 4.69) is 20.9 Å². The minimum Gasteiger partial charge on any atom is -0.480 e. The van der Waals surface area contributed by atoms with Crippen molar-refractivity contribution in [1.82, 2.24) is 4.98 Å². The van der Waals surface area contributed by atoms with Gasteiger partial charge in [0, 0.05) is 10.7 Å². The van der Waals surface area contributed by atoms with Crippen molar-refractivity contribution in [3.63, 3.8) is 0 Å². The second-order valence-electron chi connectivity index (χ2n) is 2.14. The molecule has 0 atom stereocenters. The molecule has 0 aliphatic rings. The first-order chi connectivity index (χ1) is 6.07. The monoisotopic (exact) mass is 363 g/mol. The largest absolute Gasteiger partial charge is 0.480 e. The third-order valence-electron chi connectivity index (χ3n) is 1.39. The van der Waals surface area contributed by atoms with Crippen LogP contribution in [0.1, 0.15) is 12.0 Å². The van der Waals surface area contributed by atoms with Crippen molar-refractivity contribution < 1.29 is 13.5 Å². The molecule has 1 heterocycles. The van der Waals surface area contributed by atoms with Crippen LogP contribution in [0.5, 0.6) is 5.88 Å². The highest BCUT2D eigenvalue weighted by molar-refractivity contribution is 14.1. The van der Waals surface area contributed by atoms with Gasteiger partial charge in [0.15, 0.2) is 0 Å². The minimum absolute atomic E-state index is 0.0764. The van der Waals surface area contributed by atoms with Crippen LogP contribution in [-0.4, -0.2) is 12.1 Å². The number of halogens is 4. The summed E-state index contributed by atoms with van der Waals surface area (Å²) in [5, 5.41) is 0. The summed E-state index contributed by atoms with van der Waals surface area (Å²) in [6, 6.07) is 0. The quantitative estimate of drug-likeness (QED) is 0.751. The lowest BCUT2D eigenvalue weighted by atomic mass is 10.3. The summed E-state index contributed by atoms with van der Waals surface area (Å²) in [7, 11) is 1.40. The first-order valence-electron chi connectivity index (χ1n) is 3.24. The van der Waals surface area contributed by atoms with Gasteiger partial charge in [-0.05, 0) is 38.5 Å². The van der Waals surface area contributed by atoms with Gasteiger partial charge in [0.1, 0.15) is 0 Å². The fourth-order valence-corrected chi connectivity index (χ4v) is 2.53. The predicted molar refractivity (Wildman–Crippen MR) is 56.2 cm³/mol. The maximum Gasteiger partial charge on any atom is 0.266 e. The second-order valence-corrected chi connectivity index (χ2v) is 4.08. The van der Waals surface area contributed by atoms with E-state index in [0.717, 1.165) is 0 Å². The van der Waals surface area contributed by atoms with Gasteiger partial charge < -0.3 is 4.74 Å². The molecule has 0 spiro atoms. The molecular weight excluding hydrogens is 359 g/mol. The van der Waals surface area contributed by atoms with Gasteiger partial charge in [-0.3, -0.25) is 0 Å². The first-order valence-corrected chi connectivity index (χ1v) is 5.11. The Morgan fingerprint density at radius 2 is 2.23 bits per heavy atom. The van der Waals surface area contributed by atoms with Gasteiger partial charge in [0.2, 0.25) is 5.88 Å². The highest BCUT2D eigenvalue weighted by Crippen LogP contribution is 2.34. The average molecular weight is 364 g/mol. The fourth-order valence-electron chi connectivity index (χ4n) is 0.804. The Hall–Kier alpha value is 0.0200. The van der Waals surface area contributed by atoms with E-state index in [1.54, 1.807) is 22.6 Å². The number of rotatable bonds is 2. The second kappa shape index (κ2) is 4.50. The van der Waals surface area contributed by atoms with E-state index in [4.69, 9.17) is 4.74 Å². The van der Waals surface area contributed by atoms with Crippen molar-refractivity contribution in [3.8, 4) is 5.88 Å². The van der Waals surface area contributed by atoms with Gasteiger partial charge in [-0.25, -0.2) is 13.8 Å². The van der Waals surface area contributed by atoms with Gasteiger partial charge in [-0.15, -0.1) is 0 Å². The summed E-state index contributed by atoms with van der Waals surface area (Å²) >= 11 is 4.79. The van der Waals surface area contributed by atoms with Crippen molar-refractivity contribution in [2.45, 2.75) is 6.43 Å². The molecule has 0 aliphatic heterocycles. The van der Waals surface area contributed by atoms with Gasteiger partial charge in [-0.2, -0.15) is 0 Å². The first kappa shape index (κ1) is 11.1. The molecule has 1 aromatic heterocycles. The van der Waals surface area contributed by atoms with Crippen LogP contribution >= 0.6 is 38.5 Å². The summed E-state index contributed by atoms with van der Waals surface area (Å²) in [5.41, 5.74) is -0.0764. The van der Waals surface area contributed by atoms with Gasteiger partial charge in [0.25, 0.3) is 6.43 Å². The normalized spacial score (nSPS) is 10.6. The van der Waals surface area contributed by atoms with Crippen molar-refractivity contribution in [3.05, 3.63) is 19.8 Å². The van der Waals surface area contributed by atoms with Crippen molar-refractivity contribution in [1.29, 1.82) is 0 Å². The summed E-state index contributed by atoms with van der Waals surface area (Å²) in [4.78, 5) is 3.83. The van der Waals surface area contributed by atoms with Crippen molar-refractivity contribution >= 4 is 38.5 Å². The number of pyridine rings is 1. The van der Waals surface area contributed by atoms with Crippen LogP contribution in [0, 0.1) is 3.57 Å². The molecule has 6 heteroatoms. The standard InChI is InChI=1S/C7H5BrF2INO/c1-13-7-5(11)4(6(9)10)3(8)2-12-7/h2,6H,1H3. The number of ether oxygens (including phenoxy) is 1. The Morgan fingerprint density at radius 3 is 2.69 bits per heavy atom. The molecule has 0 saturated carbocycles. The molecular formula is C7H5BrF2INO. The number of aromatic nitrogens is 1. The van der Waals surface area contributed by atoms with Crippen LogP contribution in [0.4, 0.5) is 8.78 Å². The average Bonchev–Trinajstić information content (AvgIpc) is 2.04. The smallest absolute Gasteiger partial charge is 0.266 e. The zero-order valence-corrected chi connectivity index (χ0v) is 10.3. The van der Waals surface area contributed by atoms with Gasteiger partial charge in [0.05, 0.1) is 16.2 Å². The zero-order valence-electron chi connectivity index (χ0n) is 6.52. The maximum atomic E-state index is 12.5. The Bertz CT molecular complexity index is 322. The SMILES string of the molecule is COc1ncc(Br)c(C(F)F)c1I. The molecule has 2 nitrogen and oxygen atoms in total. The Balaban J connectivity index is 3.30. The van der Waals surface area contributed by atoms with Gasteiger partial charge in [-0.1, -0.05) is 0 Å². The number of alkyl halides is 2. The third kappa shape index (κ3) is 2.28. The molecule has 0 saturated heterocycles. The number of hydrogen-bond donors (Lipinski definition) is 0. The van der Waals surface area contributed by atoms with E-state index in [0.29, 0.717) is 8.04 Å². The molecule has 0 bridgehead atoms. The topological polar surface area (TPSA) is 22.1 Å². The number of nitrogens with zero attached hydrogens (tertiary/aromatic N) is 1.